The molecule has 0 aromatic rings. The number of fused-ring (bicyclic) bond motifs is 1. The van der Waals surface area contributed by atoms with Crippen LogP contribution in [0.3, 0.4) is 0 Å². The van der Waals surface area contributed by atoms with Gasteiger partial charge in [-0.15, -0.1) is 0 Å². The molecule has 1 spiro atoms. The number of nitrogens with one attached hydrogen (secondary N) is 2. The van der Waals surface area contributed by atoms with Crippen LogP contribution in [0, 0.1) is 17.8 Å². The number of hydrogen-bond donors (Lipinski definition) is 2. The third-order valence-electron chi connectivity index (χ3n) is 7.72. The van der Waals surface area contributed by atoms with Crippen LogP contribution in [-0.2, 0) is 19.1 Å². The van der Waals surface area contributed by atoms with Crippen LogP contribution in [0.2, 0.25) is 0 Å². The molecule has 3 fully saturated rings. The lowest BCUT2D eigenvalue weighted by atomic mass is 9.70. The van der Waals surface area contributed by atoms with Crippen molar-refractivity contribution < 1.29 is 19.1 Å². The largest absolute Gasteiger partial charge is 0.356 e. The second-order valence-electron chi connectivity index (χ2n) is 12.1. The summed E-state index contributed by atoms with van der Waals surface area (Å²) in [5.74, 6) is -1.40. The van der Waals surface area contributed by atoms with Gasteiger partial charge >= 0.3 is 0 Å². The number of amides is 3. The monoisotopic (exact) mass is 459 g/mol. The standard InChI is InChI=1S/C26H41N3O4/c1-16(2)12-15-29-20(22(31)28-24(3,4)5)26-14-13-25(6,33-26)18(19(26)23(29)32)21(30)27-17-10-8-7-9-11-17/h13-14,16-20H,7-12,15H2,1-6H3,(H,27,30)(H,28,31)/t18-,19+,20-,25+,26+/m0/s1. The van der Waals surface area contributed by atoms with E-state index in [4.69, 9.17) is 4.74 Å². The Morgan fingerprint density at radius 3 is 2.42 bits per heavy atom. The minimum Gasteiger partial charge on any atom is -0.356 e. The molecule has 7 nitrogen and oxygen atoms in total. The zero-order valence-corrected chi connectivity index (χ0v) is 21.1. The number of likely N-dealkylation sites (tertiary alicyclic amines) is 1. The predicted molar refractivity (Wildman–Crippen MR) is 126 cm³/mol. The first-order valence-corrected chi connectivity index (χ1v) is 12.7. The van der Waals surface area contributed by atoms with Gasteiger partial charge in [-0.3, -0.25) is 14.4 Å². The van der Waals surface area contributed by atoms with Gasteiger partial charge < -0.3 is 20.3 Å². The predicted octanol–water partition coefficient (Wildman–Crippen LogP) is 2.94. The first-order valence-electron chi connectivity index (χ1n) is 12.7. The topological polar surface area (TPSA) is 87.7 Å². The maximum absolute atomic E-state index is 13.9. The van der Waals surface area contributed by atoms with E-state index < -0.39 is 34.6 Å². The lowest BCUT2D eigenvalue weighted by Gasteiger charge is -2.35. The molecule has 3 amide bonds. The zero-order chi connectivity index (χ0) is 24.2. The van der Waals surface area contributed by atoms with Crippen LogP contribution in [0.4, 0.5) is 0 Å². The molecule has 0 aromatic heterocycles. The van der Waals surface area contributed by atoms with Crippen molar-refractivity contribution in [3.05, 3.63) is 12.2 Å². The van der Waals surface area contributed by atoms with Crippen LogP contribution in [0.25, 0.3) is 0 Å². The van der Waals surface area contributed by atoms with Crippen molar-refractivity contribution in [2.75, 3.05) is 6.54 Å². The molecule has 5 atom stereocenters. The van der Waals surface area contributed by atoms with Gasteiger partial charge in [-0.25, -0.2) is 0 Å². The highest BCUT2D eigenvalue weighted by Gasteiger charge is 2.76. The van der Waals surface area contributed by atoms with Crippen molar-refractivity contribution in [1.82, 2.24) is 15.5 Å². The third kappa shape index (κ3) is 4.22. The van der Waals surface area contributed by atoms with E-state index in [1.165, 1.54) is 6.42 Å². The van der Waals surface area contributed by atoms with Crippen LogP contribution < -0.4 is 10.6 Å². The highest BCUT2D eigenvalue weighted by Crippen LogP contribution is 2.59. The van der Waals surface area contributed by atoms with Crippen molar-refractivity contribution in [3.8, 4) is 0 Å². The summed E-state index contributed by atoms with van der Waals surface area (Å²) in [4.78, 5) is 42.7. The third-order valence-corrected chi connectivity index (χ3v) is 7.72. The number of hydrogen-bond acceptors (Lipinski definition) is 4. The van der Waals surface area contributed by atoms with E-state index in [0.717, 1.165) is 32.1 Å². The van der Waals surface area contributed by atoms with Crippen LogP contribution in [-0.4, -0.2) is 58.0 Å². The van der Waals surface area contributed by atoms with Crippen molar-refractivity contribution >= 4 is 17.7 Å². The minimum atomic E-state index is -1.10. The number of rotatable bonds is 6. The fourth-order valence-electron chi connectivity index (χ4n) is 6.24. The van der Waals surface area contributed by atoms with Gasteiger partial charge in [0.15, 0.2) is 0 Å². The van der Waals surface area contributed by atoms with Crippen LogP contribution in [0.5, 0.6) is 0 Å². The molecule has 0 radical (unpaired) electrons. The normalized spacial score (nSPS) is 35.9. The molecule has 1 aliphatic carbocycles. The Hall–Kier alpha value is -1.89. The molecule has 2 N–H and O–H groups in total. The second-order valence-corrected chi connectivity index (χ2v) is 12.1. The molecule has 184 valence electrons. The summed E-state index contributed by atoms with van der Waals surface area (Å²) in [6.07, 6.45) is 9.99. The molecule has 7 heteroatoms. The highest BCUT2D eigenvalue weighted by molar-refractivity contribution is 6.00. The lowest BCUT2D eigenvalue weighted by Crippen LogP contribution is -2.58. The van der Waals surface area contributed by atoms with Crippen LogP contribution in [0.15, 0.2) is 12.2 Å². The Labute approximate surface area is 198 Å². The Balaban J connectivity index is 1.67. The Morgan fingerprint density at radius 2 is 1.82 bits per heavy atom. The van der Waals surface area contributed by atoms with E-state index in [2.05, 4.69) is 24.5 Å². The van der Waals surface area contributed by atoms with E-state index in [1.54, 1.807) is 4.90 Å². The average molecular weight is 460 g/mol. The SMILES string of the molecule is CC(C)CCN1C(=O)[C@H]2[C@@H](C(=O)NC3CCCCC3)[C@@]3(C)C=C[C@]2(O3)[C@@H]1C(=O)NC(C)(C)C. The van der Waals surface area contributed by atoms with Crippen molar-refractivity contribution in [2.45, 2.75) is 109 Å². The zero-order valence-electron chi connectivity index (χ0n) is 21.1. The van der Waals surface area contributed by atoms with Crippen LogP contribution in [0.1, 0.15) is 80.1 Å². The van der Waals surface area contributed by atoms with Gasteiger partial charge in [-0.05, 0) is 52.9 Å². The molecule has 4 rings (SSSR count). The molecule has 2 bridgehead atoms. The molecule has 2 saturated heterocycles. The molecule has 0 aromatic carbocycles. The van der Waals surface area contributed by atoms with E-state index >= 15 is 0 Å². The summed E-state index contributed by atoms with van der Waals surface area (Å²) in [5, 5.41) is 6.29. The fourth-order valence-corrected chi connectivity index (χ4v) is 6.24. The molecule has 0 unspecified atom stereocenters. The van der Waals surface area contributed by atoms with Gasteiger partial charge in [0.1, 0.15) is 11.6 Å². The summed E-state index contributed by atoms with van der Waals surface area (Å²) in [7, 11) is 0. The summed E-state index contributed by atoms with van der Waals surface area (Å²) in [6.45, 7) is 12.4. The van der Waals surface area contributed by atoms with Gasteiger partial charge in [-0.1, -0.05) is 45.3 Å². The number of carbonyl (C=O) groups excluding carboxylic acids is 3. The molecule has 33 heavy (non-hydrogen) atoms. The number of nitrogens with zero attached hydrogens (tertiary/aromatic N) is 1. The Bertz CT molecular complexity index is 841. The smallest absolute Gasteiger partial charge is 0.246 e. The van der Waals surface area contributed by atoms with Gasteiger partial charge in [-0.2, -0.15) is 0 Å². The number of ether oxygens (including phenoxy) is 1. The van der Waals surface area contributed by atoms with Crippen molar-refractivity contribution in [1.29, 1.82) is 0 Å². The molecular formula is C26H41N3O4. The first-order chi connectivity index (χ1) is 15.4. The van der Waals surface area contributed by atoms with E-state index in [0.29, 0.717) is 12.5 Å². The summed E-state index contributed by atoms with van der Waals surface area (Å²) < 4.78 is 6.55. The molecule has 4 aliphatic rings. The summed E-state index contributed by atoms with van der Waals surface area (Å²) in [6, 6.07) is -0.624. The molecule has 1 saturated carbocycles. The molecule has 3 aliphatic heterocycles. The second kappa shape index (κ2) is 8.40. The van der Waals surface area contributed by atoms with E-state index in [9.17, 15) is 14.4 Å². The average Bonchev–Trinajstić information content (AvgIpc) is 3.26. The summed E-state index contributed by atoms with van der Waals surface area (Å²) >= 11 is 0. The van der Waals surface area contributed by atoms with E-state index in [1.807, 2.05) is 39.8 Å². The minimum absolute atomic E-state index is 0.116. The van der Waals surface area contributed by atoms with Gasteiger partial charge in [0.05, 0.1) is 17.4 Å². The van der Waals surface area contributed by atoms with E-state index in [-0.39, 0.29) is 23.8 Å². The van der Waals surface area contributed by atoms with Gasteiger partial charge in [0.2, 0.25) is 17.7 Å². The van der Waals surface area contributed by atoms with Gasteiger partial charge in [0, 0.05) is 18.1 Å². The first kappa shape index (κ1) is 24.2. The molecular weight excluding hydrogens is 418 g/mol. The Morgan fingerprint density at radius 1 is 1.15 bits per heavy atom. The highest BCUT2D eigenvalue weighted by atomic mass is 16.5. The number of carbonyl (C=O) groups is 3. The quantitative estimate of drug-likeness (QED) is 0.598. The van der Waals surface area contributed by atoms with Crippen molar-refractivity contribution in [2.24, 2.45) is 17.8 Å². The maximum atomic E-state index is 13.9. The van der Waals surface area contributed by atoms with Crippen LogP contribution >= 0.6 is 0 Å². The fraction of sp³-hybridized carbons (Fsp3) is 0.808. The van der Waals surface area contributed by atoms with Gasteiger partial charge in [0.25, 0.3) is 0 Å². The lowest BCUT2D eigenvalue weighted by molar-refractivity contribution is -0.145. The molecule has 3 heterocycles. The maximum Gasteiger partial charge on any atom is 0.246 e. The Kier molecular flexibility index (Phi) is 6.17. The van der Waals surface area contributed by atoms with Crippen molar-refractivity contribution in [3.63, 3.8) is 0 Å². The summed E-state index contributed by atoms with van der Waals surface area (Å²) in [5.41, 5.74) is -2.43.